The van der Waals surface area contributed by atoms with Crippen molar-refractivity contribution in [3.8, 4) is 5.75 Å². The van der Waals surface area contributed by atoms with Gasteiger partial charge >= 0.3 is 0 Å². The van der Waals surface area contributed by atoms with Gasteiger partial charge < -0.3 is 14.9 Å². The molecule has 17 heavy (non-hydrogen) atoms. The van der Waals surface area contributed by atoms with Crippen molar-refractivity contribution in [1.29, 1.82) is 0 Å². The summed E-state index contributed by atoms with van der Waals surface area (Å²) < 4.78 is 10.7. The Morgan fingerprint density at radius 2 is 2.24 bits per heavy atom. The lowest BCUT2D eigenvalue weighted by Gasteiger charge is -2.10. The highest BCUT2D eigenvalue weighted by atomic mass is 35.5. The van der Waals surface area contributed by atoms with E-state index in [1.807, 2.05) is 37.3 Å². The summed E-state index contributed by atoms with van der Waals surface area (Å²) in [6.07, 6.45) is 1.61. The molecule has 0 aliphatic rings. The van der Waals surface area contributed by atoms with Crippen LogP contribution < -0.4 is 10.5 Å². The number of rotatable bonds is 4. The average Bonchev–Trinajstić information content (AvgIpc) is 2.80. The number of hydrogen-bond donors (Lipinski definition) is 1. The third kappa shape index (κ3) is 3.02. The molecule has 1 aromatic carbocycles. The van der Waals surface area contributed by atoms with Gasteiger partial charge in [0.25, 0.3) is 0 Å². The van der Waals surface area contributed by atoms with Gasteiger partial charge in [0, 0.05) is 6.04 Å². The van der Waals surface area contributed by atoms with E-state index in [2.05, 4.69) is 0 Å². The third-order valence-corrected chi connectivity index (χ3v) is 2.73. The largest absolute Gasteiger partial charge is 0.484 e. The number of hydrogen-bond acceptors (Lipinski definition) is 3. The molecule has 0 spiro atoms. The van der Waals surface area contributed by atoms with Gasteiger partial charge in [0.2, 0.25) is 0 Å². The first-order chi connectivity index (χ1) is 8.16. The van der Waals surface area contributed by atoms with Crippen LogP contribution in [0.5, 0.6) is 5.75 Å². The molecule has 0 aliphatic heterocycles. The predicted octanol–water partition coefficient (Wildman–Crippen LogP) is 3.53. The molecule has 2 rings (SSSR count). The maximum absolute atomic E-state index is 6.10. The standard InChI is InChI=1S/C13H14ClNO2/c1-9(15)10-4-5-13(12(14)7-10)17-8-11-3-2-6-16-11/h2-7,9H,8,15H2,1H3/t9-/m0/s1. The summed E-state index contributed by atoms with van der Waals surface area (Å²) in [6.45, 7) is 2.28. The molecule has 4 heteroatoms. The molecule has 0 unspecified atom stereocenters. The summed E-state index contributed by atoms with van der Waals surface area (Å²) in [7, 11) is 0. The lowest BCUT2D eigenvalue weighted by molar-refractivity contribution is 0.270. The fourth-order valence-electron chi connectivity index (χ4n) is 1.46. The van der Waals surface area contributed by atoms with Gasteiger partial charge in [-0.1, -0.05) is 17.7 Å². The van der Waals surface area contributed by atoms with Crippen molar-refractivity contribution in [2.24, 2.45) is 5.73 Å². The van der Waals surface area contributed by atoms with E-state index in [9.17, 15) is 0 Å². The Kier molecular flexibility index (Phi) is 3.71. The second-order valence-corrected chi connectivity index (χ2v) is 4.25. The zero-order chi connectivity index (χ0) is 12.3. The first-order valence-electron chi connectivity index (χ1n) is 5.37. The van der Waals surface area contributed by atoms with E-state index in [1.54, 1.807) is 6.26 Å². The quantitative estimate of drug-likeness (QED) is 0.904. The summed E-state index contributed by atoms with van der Waals surface area (Å²) in [5.74, 6) is 1.39. The molecule has 0 fully saturated rings. The zero-order valence-corrected chi connectivity index (χ0v) is 10.3. The van der Waals surface area contributed by atoms with Crippen LogP contribution in [0.15, 0.2) is 41.0 Å². The second-order valence-electron chi connectivity index (χ2n) is 3.85. The van der Waals surface area contributed by atoms with Gasteiger partial charge in [0.15, 0.2) is 0 Å². The Bertz CT molecular complexity index is 480. The monoisotopic (exact) mass is 251 g/mol. The second kappa shape index (κ2) is 5.25. The van der Waals surface area contributed by atoms with E-state index in [0.717, 1.165) is 11.3 Å². The molecular formula is C13H14ClNO2. The van der Waals surface area contributed by atoms with Gasteiger partial charge in [0.1, 0.15) is 18.1 Å². The topological polar surface area (TPSA) is 48.4 Å². The normalized spacial score (nSPS) is 12.4. The van der Waals surface area contributed by atoms with Gasteiger partial charge in [-0.05, 0) is 36.8 Å². The van der Waals surface area contributed by atoms with Crippen LogP contribution in [0, 0.1) is 0 Å². The van der Waals surface area contributed by atoms with Crippen LogP contribution in [-0.4, -0.2) is 0 Å². The molecule has 90 valence electrons. The summed E-state index contributed by atoms with van der Waals surface area (Å²) in [5, 5.41) is 0.561. The minimum atomic E-state index is -0.0355. The predicted molar refractivity (Wildman–Crippen MR) is 67.1 cm³/mol. The number of furan rings is 1. The molecule has 2 N–H and O–H groups in total. The highest BCUT2D eigenvalue weighted by Crippen LogP contribution is 2.28. The van der Waals surface area contributed by atoms with Crippen molar-refractivity contribution >= 4 is 11.6 Å². The minimum absolute atomic E-state index is 0.0355. The fraction of sp³-hybridized carbons (Fsp3) is 0.231. The Hall–Kier alpha value is -1.45. The van der Waals surface area contributed by atoms with Crippen LogP contribution in [0.3, 0.4) is 0 Å². The SMILES string of the molecule is C[C@H](N)c1ccc(OCc2ccco2)c(Cl)c1. The maximum Gasteiger partial charge on any atom is 0.146 e. The number of benzene rings is 1. The van der Waals surface area contributed by atoms with Crippen molar-refractivity contribution in [3.05, 3.63) is 52.9 Å². The van der Waals surface area contributed by atoms with E-state index in [4.69, 9.17) is 26.5 Å². The maximum atomic E-state index is 6.10. The number of halogens is 1. The summed E-state index contributed by atoms with van der Waals surface area (Å²) in [5.41, 5.74) is 6.76. The van der Waals surface area contributed by atoms with E-state index < -0.39 is 0 Å². The molecule has 1 aromatic heterocycles. The molecule has 2 aromatic rings. The van der Waals surface area contributed by atoms with Crippen LogP contribution in [0.25, 0.3) is 0 Å². The van der Waals surface area contributed by atoms with Crippen molar-refractivity contribution in [2.75, 3.05) is 0 Å². The Morgan fingerprint density at radius 1 is 1.41 bits per heavy atom. The lowest BCUT2D eigenvalue weighted by atomic mass is 10.1. The zero-order valence-electron chi connectivity index (χ0n) is 9.52. The van der Waals surface area contributed by atoms with Crippen LogP contribution in [0.2, 0.25) is 5.02 Å². The molecule has 1 atom stereocenters. The van der Waals surface area contributed by atoms with Crippen molar-refractivity contribution < 1.29 is 9.15 Å². The highest BCUT2D eigenvalue weighted by Gasteiger charge is 2.06. The highest BCUT2D eigenvalue weighted by molar-refractivity contribution is 6.32. The van der Waals surface area contributed by atoms with Gasteiger partial charge in [-0.2, -0.15) is 0 Å². The molecule has 1 heterocycles. The minimum Gasteiger partial charge on any atom is -0.484 e. The molecule has 0 amide bonds. The van der Waals surface area contributed by atoms with E-state index >= 15 is 0 Å². The van der Waals surface area contributed by atoms with E-state index in [1.165, 1.54) is 0 Å². The van der Waals surface area contributed by atoms with E-state index in [-0.39, 0.29) is 6.04 Å². The van der Waals surface area contributed by atoms with E-state index in [0.29, 0.717) is 17.4 Å². The third-order valence-electron chi connectivity index (χ3n) is 2.43. The summed E-state index contributed by atoms with van der Waals surface area (Å²) >= 11 is 6.10. The first kappa shape index (κ1) is 12.0. The molecule has 0 bridgehead atoms. The summed E-state index contributed by atoms with van der Waals surface area (Å²) in [6, 6.07) is 9.19. The number of ether oxygens (including phenoxy) is 1. The first-order valence-corrected chi connectivity index (χ1v) is 5.75. The van der Waals surface area contributed by atoms with Crippen LogP contribution in [0.1, 0.15) is 24.3 Å². The molecule has 3 nitrogen and oxygen atoms in total. The van der Waals surface area contributed by atoms with Gasteiger partial charge in [-0.3, -0.25) is 0 Å². The summed E-state index contributed by atoms with van der Waals surface area (Å²) in [4.78, 5) is 0. The molecule has 0 radical (unpaired) electrons. The smallest absolute Gasteiger partial charge is 0.146 e. The molecule has 0 aliphatic carbocycles. The van der Waals surface area contributed by atoms with Crippen LogP contribution >= 0.6 is 11.6 Å². The van der Waals surface area contributed by atoms with Crippen LogP contribution in [0.4, 0.5) is 0 Å². The molecule has 0 saturated heterocycles. The van der Waals surface area contributed by atoms with Crippen molar-refractivity contribution in [1.82, 2.24) is 0 Å². The van der Waals surface area contributed by atoms with Gasteiger partial charge in [-0.15, -0.1) is 0 Å². The molecule has 0 saturated carbocycles. The molecular weight excluding hydrogens is 238 g/mol. The Morgan fingerprint density at radius 3 is 2.82 bits per heavy atom. The van der Waals surface area contributed by atoms with Gasteiger partial charge in [0.05, 0.1) is 11.3 Å². The fourth-order valence-corrected chi connectivity index (χ4v) is 1.70. The van der Waals surface area contributed by atoms with Crippen molar-refractivity contribution in [2.45, 2.75) is 19.6 Å². The van der Waals surface area contributed by atoms with Crippen LogP contribution in [-0.2, 0) is 6.61 Å². The van der Waals surface area contributed by atoms with Gasteiger partial charge in [-0.25, -0.2) is 0 Å². The Labute approximate surface area is 105 Å². The lowest BCUT2D eigenvalue weighted by Crippen LogP contribution is -2.05. The number of nitrogens with two attached hydrogens (primary N) is 1. The van der Waals surface area contributed by atoms with Crippen molar-refractivity contribution in [3.63, 3.8) is 0 Å². The Balaban J connectivity index is 2.06. The average molecular weight is 252 g/mol.